The number of benzene rings is 2. The van der Waals surface area contributed by atoms with Gasteiger partial charge in [0.2, 0.25) is 5.91 Å². The van der Waals surface area contributed by atoms with E-state index in [2.05, 4.69) is 5.32 Å². The zero-order chi connectivity index (χ0) is 16.8. The Bertz CT molecular complexity index is 816. The van der Waals surface area contributed by atoms with Crippen molar-refractivity contribution in [2.24, 2.45) is 5.92 Å². The van der Waals surface area contributed by atoms with Crippen LogP contribution in [-0.2, 0) is 14.4 Å². The lowest BCUT2D eigenvalue weighted by molar-refractivity contribution is -0.129. The molecule has 0 radical (unpaired) electrons. The molecule has 2 amide bonds. The standard InChI is InChI=1S/C19H18N2O3/c1-11-7-9-13(10-8-11)16-15-17(19(23)20-18(15)22)24-21(16)14-6-4-3-5-12(14)2/h3-10,15-17H,1-2H3,(H,20,22,23)/t15-,16+,17+/m0/s1. The van der Waals surface area contributed by atoms with Crippen LogP contribution in [0.25, 0.3) is 0 Å². The lowest BCUT2D eigenvalue weighted by Crippen LogP contribution is -2.33. The zero-order valence-electron chi connectivity index (χ0n) is 13.5. The van der Waals surface area contributed by atoms with E-state index in [4.69, 9.17) is 4.84 Å². The van der Waals surface area contributed by atoms with Gasteiger partial charge in [-0.3, -0.25) is 19.7 Å². The number of hydroxylamine groups is 1. The summed E-state index contributed by atoms with van der Waals surface area (Å²) in [6.45, 7) is 4.00. The van der Waals surface area contributed by atoms with Crippen molar-refractivity contribution < 1.29 is 14.4 Å². The molecule has 24 heavy (non-hydrogen) atoms. The van der Waals surface area contributed by atoms with Crippen LogP contribution in [0.5, 0.6) is 0 Å². The predicted molar refractivity (Wildman–Crippen MR) is 89.1 cm³/mol. The largest absolute Gasteiger partial charge is 0.294 e. The van der Waals surface area contributed by atoms with E-state index >= 15 is 0 Å². The summed E-state index contributed by atoms with van der Waals surface area (Å²) in [6, 6.07) is 15.5. The summed E-state index contributed by atoms with van der Waals surface area (Å²) in [7, 11) is 0. The smallest absolute Gasteiger partial charge is 0.259 e. The van der Waals surface area contributed by atoms with Gasteiger partial charge in [0.25, 0.3) is 5.91 Å². The number of hydrogen-bond donors (Lipinski definition) is 1. The molecule has 0 aromatic heterocycles. The summed E-state index contributed by atoms with van der Waals surface area (Å²) in [4.78, 5) is 30.3. The molecule has 2 fully saturated rings. The Kier molecular flexibility index (Phi) is 3.39. The number of nitrogens with one attached hydrogen (secondary N) is 1. The van der Waals surface area contributed by atoms with Crippen molar-refractivity contribution in [1.29, 1.82) is 0 Å². The van der Waals surface area contributed by atoms with Crippen LogP contribution < -0.4 is 10.4 Å². The SMILES string of the molecule is Cc1ccc([C@@H]2[C@@H]3C(=O)NC(=O)[C@@H]3ON2c2ccccc2C)cc1. The topological polar surface area (TPSA) is 58.6 Å². The zero-order valence-corrected chi connectivity index (χ0v) is 13.5. The van der Waals surface area contributed by atoms with Crippen LogP contribution in [-0.4, -0.2) is 17.9 Å². The quantitative estimate of drug-likeness (QED) is 0.863. The van der Waals surface area contributed by atoms with Gasteiger partial charge in [-0.15, -0.1) is 0 Å². The molecular formula is C19H18N2O3. The molecule has 2 aromatic rings. The summed E-state index contributed by atoms with van der Waals surface area (Å²) in [5, 5.41) is 4.12. The maximum atomic E-state index is 12.3. The van der Waals surface area contributed by atoms with Gasteiger partial charge in [0.05, 0.1) is 11.7 Å². The molecule has 5 nitrogen and oxygen atoms in total. The molecule has 2 aliphatic heterocycles. The molecule has 2 aromatic carbocycles. The minimum absolute atomic E-state index is 0.272. The summed E-state index contributed by atoms with van der Waals surface area (Å²) < 4.78 is 0. The molecule has 0 aliphatic carbocycles. The Morgan fingerprint density at radius 3 is 2.38 bits per heavy atom. The van der Waals surface area contributed by atoms with E-state index in [1.807, 2.05) is 62.4 Å². The average Bonchev–Trinajstić information content (AvgIpc) is 3.08. The first-order valence-corrected chi connectivity index (χ1v) is 7.99. The Morgan fingerprint density at radius 2 is 1.67 bits per heavy atom. The molecule has 2 aliphatic rings. The number of rotatable bonds is 2. The number of amides is 2. The molecular weight excluding hydrogens is 304 g/mol. The molecule has 0 bridgehead atoms. The van der Waals surface area contributed by atoms with Gasteiger partial charge in [-0.25, -0.2) is 5.06 Å². The minimum atomic E-state index is -0.775. The van der Waals surface area contributed by atoms with Gasteiger partial charge in [0.15, 0.2) is 6.10 Å². The number of anilines is 1. The number of hydrogen-bond acceptors (Lipinski definition) is 4. The number of nitrogens with zero attached hydrogens (tertiary/aromatic N) is 1. The molecule has 5 heteroatoms. The number of carbonyl (C=O) groups is 2. The summed E-state index contributed by atoms with van der Waals surface area (Å²) in [6.07, 6.45) is -0.775. The van der Waals surface area contributed by atoms with Crippen LogP contribution in [0.2, 0.25) is 0 Å². The van der Waals surface area contributed by atoms with E-state index in [9.17, 15) is 9.59 Å². The minimum Gasteiger partial charge on any atom is -0.294 e. The molecule has 4 rings (SSSR count). The monoisotopic (exact) mass is 322 g/mol. The highest BCUT2D eigenvalue weighted by Crippen LogP contribution is 2.45. The Labute approximate surface area is 140 Å². The lowest BCUT2D eigenvalue weighted by atomic mass is 9.90. The summed E-state index contributed by atoms with van der Waals surface area (Å²) >= 11 is 0. The van der Waals surface area contributed by atoms with E-state index in [0.29, 0.717) is 0 Å². The van der Waals surface area contributed by atoms with Gasteiger partial charge in [0.1, 0.15) is 5.92 Å². The highest BCUT2D eigenvalue weighted by atomic mass is 16.7. The third-order valence-electron chi connectivity index (χ3n) is 4.73. The first kappa shape index (κ1) is 14.9. The van der Waals surface area contributed by atoms with E-state index in [1.54, 1.807) is 5.06 Å². The average molecular weight is 322 g/mol. The number of para-hydroxylation sites is 1. The first-order valence-electron chi connectivity index (χ1n) is 7.99. The van der Waals surface area contributed by atoms with E-state index < -0.39 is 12.0 Å². The Morgan fingerprint density at radius 1 is 0.958 bits per heavy atom. The van der Waals surface area contributed by atoms with Crippen LogP contribution in [0, 0.1) is 19.8 Å². The van der Waals surface area contributed by atoms with Crippen molar-refractivity contribution >= 4 is 17.5 Å². The fourth-order valence-corrected chi connectivity index (χ4v) is 3.46. The van der Waals surface area contributed by atoms with Crippen molar-refractivity contribution in [2.75, 3.05) is 5.06 Å². The van der Waals surface area contributed by atoms with E-state index in [-0.39, 0.29) is 17.9 Å². The maximum absolute atomic E-state index is 12.3. The molecule has 122 valence electrons. The van der Waals surface area contributed by atoms with E-state index in [0.717, 1.165) is 22.4 Å². The summed E-state index contributed by atoms with van der Waals surface area (Å²) in [5.41, 5.74) is 4.00. The van der Waals surface area contributed by atoms with Crippen LogP contribution in [0.1, 0.15) is 22.7 Å². The molecule has 3 atom stereocenters. The van der Waals surface area contributed by atoms with Gasteiger partial charge in [-0.1, -0.05) is 48.0 Å². The fraction of sp³-hybridized carbons (Fsp3) is 0.263. The highest BCUT2D eigenvalue weighted by Gasteiger charge is 2.56. The van der Waals surface area contributed by atoms with Gasteiger partial charge < -0.3 is 0 Å². The Hall–Kier alpha value is -2.66. The predicted octanol–water partition coefficient (Wildman–Crippen LogP) is 2.44. The third-order valence-corrected chi connectivity index (χ3v) is 4.73. The van der Waals surface area contributed by atoms with Crippen molar-refractivity contribution in [3.8, 4) is 0 Å². The van der Waals surface area contributed by atoms with Crippen molar-refractivity contribution in [2.45, 2.75) is 26.0 Å². The van der Waals surface area contributed by atoms with Crippen molar-refractivity contribution in [1.82, 2.24) is 5.32 Å². The summed E-state index contributed by atoms with van der Waals surface area (Å²) in [5.74, 6) is -1.18. The molecule has 0 spiro atoms. The molecule has 0 unspecified atom stereocenters. The van der Waals surface area contributed by atoms with E-state index in [1.165, 1.54) is 0 Å². The first-order chi connectivity index (χ1) is 11.6. The lowest BCUT2D eigenvalue weighted by Gasteiger charge is -2.28. The molecule has 2 saturated heterocycles. The molecule has 1 N–H and O–H groups in total. The van der Waals surface area contributed by atoms with Crippen LogP contribution >= 0.6 is 0 Å². The fourth-order valence-electron chi connectivity index (χ4n) is 3.46. The van der Waals surface area contributed by atoms with Gasteiger partial charge >= 0.3 is 0 Å². The molecule has 2 heterocycles. The van der Waals surface area contributed by atoms with Gasteiger partial charge in [0, 0.05) is 0 Å². The second-order valence-corrected chi connectivity index (χ2v) is 6.37. The second-order valence-electron chi connectivity index (χ2n) is 6.37. The van der Waals surface area contributed by atoms with Crippen LogP contribution in [0.15, 0.2) is 48.5 Å². The number of fused-ring (bicyclic) bond motifs is 1. The number of aryl methyl sites for hydroxylation is 2. The van der Waals surface area contributed by atoms with Gasteiger partial charge in [-0.2, -0.15) is 0 Å². The Balaban J connectivity index is 1.83. The van der Waals surface area contributed by atoms with Crippen LogP contribution in [0.3, 0.4) is 0 Å². The third kappa shape index (κ3) is 2.20. The van der Waals surface area contributed by atoms with Crippen LogP contribution in [0.4, 0.5) is 5.69 Å². The maximum Gasteiger partial charge on any atom is 0.259 e. The number of carbonyl (C=O) groups excluding carboxylic acids is 2. The normalized spacial score (nSPS) is 25.8. The van der Waals surface area contributed by atoms with Crippen molar-refractivity contribution in [3.05, 3.63) is 65.2 Å². The second kappa shape index (κ2) is 5.46. The number of imide groups is 1. The van der Waals surface area contributed by atoms with Crippen molar-refractivity contribution in [3.63, 3.8) is 0 Å². The highest BCUT2D eigenvalue weighted by molar-refractivity contribution is 6.07. The van der Waals surface area contributed by atoms with Gasteiger partial charge in [-0.05, 0) is 31.0 Å². The molecule has 0 saturated carbocycles.